The van der Waals surface area contributed by atoms with Gasteiger partial charge in [0, 0.05) is 33.7 Å². The predicted molar refractivity (Wildman–Crippen MR) is 121 cm³/mol. The Kier molecular flexibility index (Phi) is 7.35. The zero-order chi connectivity index (χ0) is 19.6. The maximum absolute atomic E-state index is 12.3. The van der Waals surface area contributed by atoms with Gasteiger partial charge in [0.25, 0.3) is 0 Å². The summed E-state index contributed by atoms with van der Waals surface area (Å²) in [6, 6.07) is 6.21. The molecule has 1 N–H and O–H groups in total. The molecule has 28 heavy (non-hydrogen) atoms. The first-order chi connectivity index (χ1) is 12.7. The third-order valence-corrected chi connectivity index (χ3v) is 4.54. The highest BCUT2D eigenvalue weighted by Crippen LogP contribution is 2.19. The van der Waals surface area contributed by atoms with Gasteiger partial charge in [0.1, 0.15) is 11.4 Å². The summed E-state index contributed by atoms with van der Waals surface area (Å²) in [6.07, 6.45) is -0.242. The molecule has 1 saturated heterocycles. The number of guanidine groups is 1. The number of hydrogen-bond acceptors (Lipinski definition) is 7. The Morgan fingerprint density at radius 1 is 1.32 bits per heavy atom. The summed E-state index contributed by atoms with van der Waals surface area (Å²) < 4.78 is 5.49. The molecule has 1 amide bonds. The first kappa shape index (κ1) is 22.5. The van der Waals surface area contributed by atoms with Crippen LogP contribution in [0.25, 0.3) is 0 Å². The fourth-order valence-corrected chi connectivity index (χ4v) is 3.21. The van der Waals surface area contributed by atoms with Gasteiger partial charge in [-0.1, -0.05) is 6.07 Å². The van der Waals surface area contributed by atoms with Crippen molar-refractivity contribution in [2.75, 3.05) is 45.2 Å². The normalized spacial score (nSPS) is 18.8. The maximum Gasteiger partial charge on any atom is 0.410 e. The number of nitrogens with zero attached hydrogens (tertiary/aromatic N) is 5. The van der Waals surface area contributed by atoms with Gasteiger partial charge in [0.15, 0.2) is 5.96 Å². The van der Waals surface area contributed by atoms with Gasteiger partial charge in [-0.25, -0.2) is 9.78 Å². The van der Waals surface area contributed by atoms with Gasteiger partial charge in [-0.05, 0) is 32.9 Å². The molecule has 0 saturated carbocycles. The molecule has 0 bridgehead atoms. The lowest BCUT2D eigenvalue weighted by molar-refractivity contribution is 0.0137. The highest BCUT2D eigenvalue weighted by atomic mass is 127. The average molecular weight is 502 g/mol. The minimum Gasteiger partial charge on any atom is -0.444 e. The summed E-state index contributed by atoms with van der Waals surface area (Å²) in [7, 11) is 3.96. The fraction of sp³-hybridized carbons (Fsp3) is 0.632. The minimum atomic E-state index is -0.471. The van der Waals surface area contributed by atoms with Crippen LogP contribution in [0, 0.1) is 0 Å². The molecule has 156 valence electrons. The topological polar surface area (TPSA) is 73.3 Å². The number of fused-ring (bicyclic) bond motifs is 1. The van der Waals surface area contributed by atoms with Crippen molar-refractivity contribution in [1.29, 1.82) is 0 Å². The van der Waals surface area contributed by atoms with Crippen LogP contribution in [-0.4, -0.2) is 78.8 Å². The Bertz CT molecular complexity index is 719. The predicted octanol–water partition coefficient (Wildman–Crippen LogP) is 2.15. The van der Waals surface area contributed by atoms with E-state index in [1.165, 1.54) is 0 Å². The van der Waals surface area contributed by atoms with Crippen molar-refractivity contribution in [2.45, 2.75) is 39.0 Å². The van der Waals surface area contributed by atoms with Crippen molar-refractivity contribution in [3.05, 3.63) is 23.9 Å². The SMILES string of the molecule is CN(C)c1cccc(CNC2=NCC3CN(C(=O)OC(C)(C)C)CCN23)n1.I. The molecular formula is C19H31IN6O2. The van der Waals surface area contributed by atoms with Crippen LogP contribution in [-0.2, 0) is 11.3 Å². The van der Waals surface area contributed by atoms with Crippen molar-refractivity contribution in [2.24, 2.45) is 4.99 Å². The van der Waals surface area contributed by atoms with Crippen LogP contribution >= 0.6 is 24.0 Å². The van der Waals surface area contributed by atoms with Crippen LogP contribution in [0.2, 0.25) is 0 Å². The smallest absolute Gasteiger partial charge is 0.410 e. The monoisotopic (exact) mass is 502 g/mol. The van der Waals surface area contributed by atoms with Crippen molar-refractivity contribution < 1.29 is 9.53 Å². The highest BCUT2D eigenvalue weighted by Gasteiger charge is 2.36. The Labute approximate surface area is 184 Å². The molecule has 1 fully saturated rings. The first-order valence-corrected chi connectivity index (χ1v) is 9.39. The van der Waals surface area contributed by atoms with Gasteiger partial charge in [-0.3, -0.25) is 4.99 Å². The summed E-state index contributed by atoms with van der Waals surface area (Å²) in [5, 5.41) is 3.41. The molecule has 1 atom stereocenters. The zero-order valence-corrected chi connectivity index (χ0v) is 19.6. The molecule has 0 aliphatic carbocycles. The Balaban J connectivity index is 0.00000280. The number of piperazine rings is 1. The Morgan fingerprint density at radius 3 is 2.75 bits per heavy atom. The molecule has 3 rings (SSSR count). The summed E-state index contributed by atoms with van der Waals surface area (Å²) in [5.74, 6) is 1.83. The molecular weight excluding hydrogens is 471 g/mol. The molecule has 2 aliphatic heterocycles. The molecule has 0 spiro atoms. The lowest BCUT2D eigenvalue weighted by atomic mass is 10.2. The minimum absolute atomic E-state index is 0. The van der Waals surface area contributed by atoms with Crippen molar-refractivity contribution in [1.82, 2.24) is 20.1 Å². The molecule has 3 heterocycles. The van der Waals surface area contributed by atoms with E-state index in [0.29, 0.717) is 26.2 Å². The van der Waals surface area contributed by atoms with E-state index in [0.717, 1.165) is 24.0 Å². The lowest BCUT2D eigenvalue weighted by Crippen LogP contribution is -2.57. The maximum atomic E-state index is 12.3. The molecule has 0 aromatic carbocycles. The average Bonchev–Trinajstić information content (AvgIpc) is 3.01. The number of aliphatic imine (C=N–C) groups is 1. The van der Waals surface area contributed by atoms with E-state index in [9.17, 15) is 4.79 Å². The lowest BCUT2D eigenvalue weighted by Gasteiger charge is -2.39. The Morgan fingerprint density at radius 2 is 2.07 bits per heavy atom. The number of aromatic nitrogens is 1. The van der Waals surface area contributed by atoms with E-state index in [-0.39, 0.29) is 36.1 Å². The van der Waals surface area contributed by atoms with Crippen LogP contribution in [0.1, 0.15) is 26.5 Å². The third kappa shape index (κ3) is 5.62. The number of carbonyl (C=O) groups excluding carboxylic acids is 1. The molecule has 1 aromatic heterocycles. The first-order valence-electron chi connectivity index (χ1n) is 9.39. The number of rotatable bonds is 3. The number of nitrogens with one attached hydrogen (secondary N) is 1. The summed E-state index contributed by atoms with van der Waals surface area (Å²) >= 11 is 0. The number of carbonyl (C=O) groups is 1. The number of ether oxygens (including phenoxy) is 1. The van der Waals surface area contributed by atoms with Crippen molar-refractivity contribution in [3.8, 4) is 0 Å². The highest BCUT2D eigenvalue weighted by molar-refractivity contribution is 14.0. The Hall–Kier alpha value is -1.78. The summed E-state index contributed by atoms with van der Waals surface area (Å²) in [6.45, 7) is 9.01. The second kappa shape index (κ2) is 9.15. The van der Waals surface area contributed by atoms with Crippen molar-refractivity contribution >= 4 is 41.8 Å². The van der Waals surface area contributed by atoms with E-state index in [2.05, 4.69) is 20.2 Å². The second-order valence-corrected chi connectivity index (χ2v) is 8.17. The summed E-state index contributed by atoms with van der Waals surface area (Å²) in [4.78, 5) is 27.6. The van der Waals surface area contributed by atoms with E-state index < -0.39 is 5.60 Å². The quantitative estimate of drug-likeness (QED) is 0.639. The molecule has 0 radical (unpaired) electrons. The van der Waals surface area contributed by atoms with Crippen LogP contribution in [0.15, 0.2) is 23.2 Å². The molecule has 2 aliphatic rings. The van der Waals surface area contributed by atoms with Crippen LogP contribution in [0.4, 0.5) is 10.6 Å². The summed E-state index contributed by atoms with van der Waals surface area (Å²) in [5.41, 5.74) is 0.501. The van der Waals surface area contributed by atoms with Crippen LogP contribution in [0.5, 0.6) is 0 Å². The molecule has 1 unspecified atom stereocenters. The number of pyridine rings is 1. The van der Waals surface area contributed by atoms with E-state index in [1.54, 1.807) is 4.90 Å². The van der Waals surface area contributed by atoms with Crippen LogP contribution < -0.4 is 10.2 Å². The van der Waals surface area contributed by atoms with Gasteiger partial charge in [0.2, 0.25) is 0 Å². The number of anilines is 1. The van der Waals surface area contributed by atoms with Crippen molar-refractivity contribution in [3.63, 3.8) is 0 Å². The molecule has 1 aromatic rings. The molecule has 8 nitrogen and oxygen atoms in total. The van der Waals surface area contributed by atoms with Crippen LogP contribution in [0.3, 0.4) is 0 Å². The number of halogens is 1. The number of amides is 1. The number of hydrogen-bond donors (Lipinski definition) is 1. The fourth-order valence-electron chi connectivity index (χ4n) is 3.21. The molecule has 9 heteroatoms. The second-order valence-electron chi connectivity index (χ2n) is 8.17. The van der Waals surface area contributed by atoms with Gasteiger partial charge in [-0.15, -0.1) is 24.0 Å². The van der Waals surface area contributed by atoms with Gasteiger partial charge >= 0.3 is 6.09 Å². The van der Waals surface area contributed by atoms with E-state index >= 15 is 0 Å². The van der Waals surface area contributed by atoms with Gasteiger partial charge < -0.3 is 24.8 Å². The van der Waals surface area contributed by atoms with E-state index in [4.69, 9.17) is 4.74 Å². The van der Waals surface area contributed by atoms with Gasteiger partial charge in [-0.2, -0.15) is 0 Å². The largest absolute Gasteiger partial charge is 0.444 e. The standard InChI is InChI=1S/C19H30N6O2.HI/c1-19(2,3)27-18(26)24-9-10-25-15(13-24)12-21-17(25)20-11-14-7-6-8-16(22-14)23(4)5;/h6-8,15H,9-13H2,1-5H3,(H,20,21);1H. The third-order valence-electron chi connectivity index (χ3n) is 4.54. The van der Waals surface area contributed by atoms with E-state index in [1.807, 2.05) is 58.0 Å². The zero-order valence-electron chi connectivity index (χ0n) is 17.3. The van der Waals surface area contributed by atoms with Gasteiger partial charge in [0.05, 0.1) is 24.8 Å².